The minimum Gasteiger partial charge on any atom is -0.302 e. The molecule has 0 bridgehead atoms. The molecule has 0 saturated heterocycles. The Bertz CT molecular complexity index is 648. The number of anilines is 1. The monoisotopic (exact) mass is 263 g/mol. The maximum atomic E-state index is 11.6. The van der Waals surface area contributed by atoms with Crippen molar-refractivity contribution in [1.29, 1.82) is 0 Å². The molecule has 3 rings (SSSR count). The molecule has 1 aliphatic carbocycles. The first kappa shape index (κ1) is 11.1. The van der Waals surface area contributed by atoms with E-state index in [4.69, 9.17) is 0 Å². The fourth-order valence-electron chi connectivity index (χ4n) is 1.63. The molecule has 18 heavy (non-hydrogen) atoms. The van der Waals surface area contributed by atoms with Crippen molar-refractivity contribution in [2.24, 2.45) is 5.92 Å². The van der Waals surface area contributed by atoms with Crippen LogP contribution in [0.2, 0.25) is 0 Å². The van der Waals surface area contributed by atoms with Crippen LogP contribution in [0.3, 0.4) is 0 Å². The molecule has 6 nitrogen and oxygen atoms in total. The summed E-state index contributed by atoms with van der Waals surface area (Å²) in [5.74, 6) is 0.106. The van der Waals surface area contributed by atoms with Gasteiger partial charge in [-0.25, -0.2) is 4.98 Å². The van der Waals surface area contributed by atoms with Crippen LogP contribution in [0, 0.1) is 16.0 Å². The smallest absolute Gasteiger partial charge is 0.270 e. The number of hydrogen-bond acceptors (Lipinski definition) is 5. The van der Waals surface area contributed by atoms with Crippen LogP contribution in [-0.2, 0) is 4.79 Å². The normalized spacial score (nSPS) is 14.7. The fourth-order valence-corrected chi connectivity index (χ4v) is 2.54. The number of hydrogen-bond donors (Lipinski definition) is 1. The Balaban J connectivity index is 1.90. The van der Waals surface area contributed by atoms with Gasteiger partial charge in [0.05, 0.1) is 15.1 Å². The summed E-state index contributed by atoms with van der Waals surface area (Å²) in [6, 6.07) is 4.48. The Kier molecular flexibility index (Phi) is 2.48. The van der Waals surface area contributed by atoms with Gasteiger partial charge in [-0.1, -0.05) is 11.3 Å². The van der Waals surface area contributed by atoms with Crippen LogP contribution < -0.4 is 5.32 Å². The van der Waals surface area contributed by atoms with E-state index in [9.17, 15) is 14.9 Å². The molecule has 1 aromatic heterocycles. The second kappa shape index (κ2) is 4.02. The molecule has 1 fully saturated rings. The van der Waals surface area contributed by atoms with Gasteiger partial charge in [-0.2, -0.15) is 0 Å². The molecule has 0 spiro atoms. The molecular formula is C11H9N3O3S. The van der Waals surface area contributed by atoms with E-state index < -0.39 is 4.92 Å². The molecule has 92 valence electrons. The summed E-state index contributed by atoms with van der Waals surface area (Å²) >= 11 is 1.25. The molecule has 1 aromatic carbocycles. The first-order valence-corrected chi connectivity index (χ1v) is 6.31. The topological polar surface area (TPSA) is 85.1 Å². The summed E-state index contributed by atoms with van der Waals surface area (Å²) in [5.41, 5.74) is 0.697. The second-order valence-electron chi connectivity index (χ2n) is 4.19. The SMILES string of the molecule is O=C(Nc1nc2ccc([N+](=O)[O-])cc2s1)C1CC1. The Morgan fingerprint density at radius 3 is 2.94 bits per heavy atom. The number of nitro benzene ring substituents is 1. The molecule has 0 atom stereocenters. The van der Waals surface area contributed by atoms with Crippen molar-refractivity contribution in [1.82, 2.24) is 4.98 Å². The first-order chi connectivity index (χ1) is 8.63. The van der Waals surface area contributed by atoms with Crippen molar-refractivity contribution >= 4 is 38.3 Å². The number of non-ortho nitro benzene ring substituents is 1. The lowest BCUT2D eigenvalue weighted by Crippen LogP contribution is -2.12. The number of nitro groups is 1. The standard InChI is InChI=1S/C11H9N3O3S/c15-10(6-1-2-6)13-11-12-8-4-3-7(14(16)17)5-9(8)18-11/h3-6H,1-2H2,(H,12,13,15). The Morgan fingerprint density at radius 2 is 2.28 bits per heavy atom. The molecule has 1 aliphatic rings. The van der Waals surface area contributed by atoms with Gasteiger partial charge in [-0.3, -0.25) is 14.9 Å². The van der Waals surface area contributed by atoms with Crippen LogP contribution in [0.25, 0.3) is 10.2 Å². The van der Waals surface area contributed by atoms with Gasteiger partial charge in [0.25, 0.3) is 5.69 Å². The fraction of sp³-hybridized carbons (Fsp3) is 0.273. The van der Waals surface area contributed by atoms with Crippen molar-refractivity contribution in [2.45, 2.75) is 12.8 Å². The molecule has 0 radical (unpaired) electrons. The third-order valence-corrected chi connectivity index (χ3v) is 3.69. The van der Waals surface area contributed by atoms with E-state index in [2.05, 4.69) is 10.3 Å². The van der Waals surface area contributed by atoms with E-state index in [0.717, 1.165) is 12.8 Å². The molecule has 1 N–H and O–H groups in total. The molecule has 7 heteroatoms. The lowest BCUT2D eigenvalue weighted by Gasteiger charge is -1.96. The number of carbonyl (C=O) groups is 1. The van der Waals surface area contributed by atoms with E-state index in [0.29, 0.717) is 15.3 Å². The predicted octanol–water partition coefficient (Wildman–Crippen LogP) is 2.55. The summed E-state index contributed by atoms with van der Waals surface area (Å²) in [7, 11) is 0. The molecule has 0 unspecified atom stereocenters. The average Bonchev–Trinajstić information content (AvgIpc) is 3.09. The zero-order valence-electron chi connectivity index (χ0n) is 9.25. The first-order valence-electron chi connectivity index (χ1n) is 5.49. The predicted molar refractivity (Wildman–Crippen MR) is 67.6 cm³/mol. The largest absolute Gasteiger partial charge is 0.302 e. The molecule has 1 saturated carbocycles. The number of nitrogens with zero attached hydrogens (tertiary/aromatic N) is 2. The average molecular weight is 263 g/mol. The van der Waals surface area contributed by atoms with Gasteiger partial charge in [-0.05, 0) is 18.9 Å². The molecule has 0 aliphatic heterocycles. The van der Waals surface area contributed by atoms with E-state index >= 15 is 0 Å². The van der Waals surface area contributed by atoms with E-state index in [1.807, 2.05) is 0 Å². The Morgan fingerprint density at radius 1 is 1.50 bits per heavy atom. The maximum Gasteiger partial charge on any atom is 0.270 e. The van der Waals surface area contributed by atoms with Crippen LogP contribution in [-0.4, -0.2) is 15.8 Å². The van der Waals surface area contributed by atoms with Crippen molar-refractivity contribution in [3.63, 3.8) is 0 Å². The van der Waals surface area contributed by atoms with Crippen LogP contribution >= 0.6 is 11.3 Å². The lowest BCUT2D eigenvalue weighted by molar-refractivity contribution is -0.384. The van der Waals surface area contributed by atoms with Crippen LogP contribution in [0.5, 0.6) is 0 Å². The van der Waals surface area contributed by atoms with Crippen molar-refractivity contribution < 1.29 is 9.72 Å². The molecule has 1 heterocycles. The third kappa shape index (κ3) is 2.04. The Hall–Kier alpha value is -2.02. The third-order valence-electron chi connectivity index (χ3n) is 2.76. The van der Waals surface area contributed by atoms with Gasteiger partial charge in [0.2, 0.25) is 5.91 Å². The number of carbonyl (C=O) groups excluding carboxylic acids is 1. The summed E-state index contributed by atoms with van der Waals surface area (Å²) in [6.07, 6.45) is 1.87. The highest BCUT2D eigenvalue weighted by Crippen LogP contribution is 2.33. The maximum absolute atomic E-state index is 11.6. The highest BCUT2D eigenvalue weighted by atomic mass is 32.1. The summed E-state index contributed by atoms with van der Waals surface area (Å²) in [6.45, 7) is 0. The van der Waals surface area contributed by atoms with Gasteiger partial charge in [0.1, 0.15) is 0 Å². The van der Waals surface area contributed by atoms with Gasteiger partial charge < -0.3 is 5.32 Å². The van der Waals surface area contributed by atoms with E-state index in [1.54, 1.807) is 6.07 Å². The second-order valence-corrected chi connectivity index (χ2v) is 5.22. The van der Waals surface area contributed by atoms with Gasteiger partial charge in [0, 0.05) is 18.1 Å². The molecule has 2 aromatic rings. The molecule has 1 amide bonds. The van der Waals surface area contributed by atoms with Crippen LogP contribution in [0.4, 0.5) is 10.8 Å². The van der Waals surface area contributed by atoms with E-state index in [1.165, 1.54) is 23.5 Å². The number of benzene rings is 1. The summed E-state index contributed by atoms with van der Waals surface area (Å²) in [4.78, 5) is 26.0. The minimum atomic E-state index is -0.443. The van der Waals surface area contributed by atoms with Crippen LogP contribution in [0.15, 0.2) is 18.2 Å². The van der Waals surface area contributed by atoms with Crippen molar-refractivity contribution in [2.75, 3.05) is 5.32 Å². The lowest BCUT2D eigenvalue weighted by atomic mass is 10.3. The number of fused-ring (bicyclic) bond motifs is 1. The number of thiazole rings is 1. The number of rotatable bonds is 3. The highest BCUT2D eigenvalue weighted by molar-refractivity contribution is 7.22. The van der Waals surface area contributed by atoms with Crippen molar-refractivity contribution in [3.8, 4) is 0 Å². The number of amides is 1. The number of nitrogens with one attached hydrogen (secondary N) is 1. The Labute approximate surface area is 106 Å². The van der Waals surface area contributed by atoms with Crippen LogP contribution in [0.1, 0.15) is 12.8 Å². The van der Waals surface area contributed by atoms with Gasteiger partial charge >= 0.3 is 0 Å². The molecular weight excluding hydrogens is 254 g/mol. The zero-order chi connectivity index (χ0) is 12.7. The quantitative estimate of drug-likeness (QED) is 0.681. The highest BCUT2D eigenvalue weighted by Gasteiger charge is 2.30. The van der Waals surface area contributed by atoms with Crippen molar-refractivity contribution in [3.05, 3.63) is 28.3 Å². The number of aromatic nitrogens is 1. The summed E-state index contributed by atoms with van der Waals surface area (Å²) < 4.78 is 0.704. The summed E-state index contributed by atoms with van der Waals surface area (Å²) in [5, 5.41) is 13.9. The minimum absolute atomic E-state index is 0.0106. The zero-order valence-corrected chi connectivity index (χ0v) is 10.1. The van der Waals surface area contributed by atoms with Gasteiger partial charge in [0.15, 0.2) is 5.13 Å². The van der Waals surface area contributed by atoms with Gasteiger partial charge in [-0.15, -0.1) is 0 Å². The van der Waals surface area contributed by atoms with E-state index in [-0.39, 0.29) is 17.5 Å².